The molecule has 5 heteroatoms. The smallest absolute Gasteiger partial charge is 0.308 e. The molecule has 1 amide bonds. The predicted octanol–water partition coefficient (Wildman–Crippen LogP) is 1.86. The molecular formula is C13H17NO3S. The first kappa shape index (κ1) is 13.1. The molecule has 1 aromatic rings. The average molecular weight is 267 g/mol. The number of carbonyl (C=O) groups excluding carboxylic acids is 1. The zero-order chi connectivity index (χ0) is 13.1. The van der Waals surface area contributed by atoms with E-state index in [0.717, 1.165) is 4.88 Å². The van der Waals surface area contributed by atoms with E-state index in [-0.39, 0.29) is 11.8 Å². The molecule has 0 aliphatic carbocycles. The number of aliphatic carboxylic acids is 1. The van der Waals surface area contributed by atoms with Gasteiger partial charge in [-0.3, -0.25) is 9.59 Å². The highest BCUT2D eigenvalue weighted by molar-refractivity contribution is 7.10. The van der Waals surface area contributed by atoms with Crippen LogP contribution < -0.4 is 0 Å². The van der Waals surface area contributed by atoms with Crippen LogP contribution in [0.25, 0.3) is 0 Å². The van der Waals surface area contributed by atoms with E-state index in [4.69, 9.17) is 5.11 Å². The highest BCUT2D eigenvalue weighted by Gasteiger charge is 2.31. The van der Waals surface area contributed by atoms with Crippen molar-refractivity contribution in [1.29, 1.82) is 0 Å². The summed E-state index contributed by atoms with van der Waals surface area (Å²) in [6.07, 6.45) is 1.05. The quantitative estimate of drug-likeness (QED) is 0.909. The van der Waals surface area contributed by atoms with Crippen molar-refractivity contribution in [2.45, 2.75) is 19.8 Å². The molecule has 0 saturated carbocycles. The molecule has 98 valence electrons. The minimum atomic E-state index is -0.796. The maximum atomic E-state index is 12.1. The number of nitrogens with zero attached hydrogens (tertiary/aromatic N) is 1. The van der Waals surface area contributed by atoms with Gasteiger partial charge in [0.15, 0.2) is 0 Å². The lowest BCUT2D eigenvalue weighted by Gasteiger charge is -2.34. The van der Waals surface area contributed by atoms with Gasteiger partial charge in [0.05, 0.1) is 12.3 Å². The fourth-order valence-corrected chi connectivity index (χ4v) is 3.10. The molecule has 1 N–H and O–H groups in total. The minimum absolute atomic E-state index is 0.0373. The van der Waals surface area contributed by atoms with Crippen LogP contribution in [0.5, 0.6) is 0 Å². The van der Waals surface area contributed by atoms with Gasteiger partial charge in [-0.05, 0) is 23.8 Å². The van der Waals surface area contributed by atoms with Crippen LogP contribution in [0.1, 0.15) is 18.2 Å². The number of likely N-dealkylation sites (tertiary alicyclic amines) is 1. The lowest BCUT2D eigenvalue weighted by Crippen LogP contribution is -2.46. The van der Waals surface area contributed by atoms with Crippen LogP contribution in [-0.2, 0) is 16.0 Å². The zero-order valence-corrected chi connectivity index (χ0v) is 11.2. The van der Waals surface area contributed by atoms with E-state index >= 15 is 0 Å². The molecular weight excluding hydrogens is 250 g/mol. The maximum absolute atomic E-state index is 12.1. The second kappa shape index (κ2) is 5.52. The Morgan fingerprint density at radius 1 is 1.50 bits per heavy atom. The molecule has 18 heavy (non-hydrogen) atoms. The van der Waals surface area contributed by atoms with E-state index < -0.39 is 11.9 Å². The van der Waals surface area contributed by atoms with E-state index in [1.807, 2.05) is 24.4 Å². The maximum Gasteiger partial charge on any atom is 0.308 e. The summed E-state index contributed by atoms with van der Waals surface area (Å²) in [6.45, 7) is 3.03. The van der Waals surface area contributed by atoms with Crippen molar-refractivity contribution in [2.24, 2.45) is 11.8 Å². The van der Waals surface area contributed by atoms with Crippen molar-refractivity contribution in [3.05, 3.63) is 22.4 Å². The van der Waals surface area contributed by atoms with Gasteiger partial charge in [-0.15, -0.1) is 11.3 Å². The van der Waals surface area contributed by atoms with Gasteiger partial charge in [-0.2, -0.15) is 0 Å². The van der Waals surface area contributed by atoms with E-state index in [9.17, 15) is 9.59 Å². The fourth-order valence-electron chi connectivity index (χ4n) is 2.41. The number of thiophene rings is 1. The van der Waals surface area contributed by atoms with Crippen molar-refractivity contribution in [2.75, 3.05) is 13.1 Å². The van der Waals surface area contributed by atoms with Crippen molar-refractivity contribution >= 4 is 23.2 Å². The highest BCUT2D eigenvalue weighted by atomic mass is 32.1. The molecule has 0 radical (unpaired) electrons. The number of amides is 1. The normalized spacial score (nSPS) is 23.9. The number of hydrogen-bond acceptors (Lipinski definition) is 3. The Hall–Kier alpha value is -1.36. The molecule has 2 rings (SSSR count). The van der Waals surface area contributed by atoms with Gasteiger partial charge in [0, 0.05) is 18.0 Å². The van der Waals surface area contributed by atoms with Gasteiger partial charge in [0.1, 0.15) is 0 Å². The third-order valence-corrected chi connectivity index (χ3v) is 4.14. The van der Waals surface area contributed by atoms with Crippen LogP contribution in [0.2, 0.25) is 0 Å². The molecule has 1 aliphatic heterocycles. The number of hydrogen-bond donors (Lipinski definition) is 1. The molecule has 0 bridgehead atoms. The summed E-state index contributed by atoms with van der Waals surface area (Å²) in [5.74, 6) is -0.918. The molecule has 2 unspecified atom stereocenters. The fraction of sp³-hybridized carbons (Fsp3) is 0.538. The summed E-state index contributed by atoms with van der Waals surface area (Å²) in [6, 6.07) is 3.86. The lowest BCUT2D eigenvalue weighted by atomic mass is 9.90. The number of piperidine rings is 1. The topological polar surface area (TPSA) is 57.6 Å². The molecule has 1 aromatic heterocycles. The Morgan fingerprint density at radius 2 is 2.28 bits per heavy atom. The summed E-state index contributed by atoms with van der Waals surface area (Å²) < 4.78 is 0. The van der Waals surface area contributed by atoms with Crippen LogP contribution in [0.4, 0.5) is 0 Å². The van der Waals surface area contributed by atoms with Crippen LogP contribution >= 0.6 is 11.3 Å². The Kier molecular flexibility index (Phi) is 4.01. The molecule has 2 atom stereocenters. The van der Waals surface area contributed by atoms with E-state index in [1.54, 1.807) is 16.2 Å². The van der Waals surface area contributed by atoms with Crippen molar-refractivity contribution in [1.82, 2.24) is 4.90 Å². The number of rotatable bonds is 3. The monoisotopic (exact) mass is 267 g/mol. The summed E-state index contributed by atoms with van der Waals surface area (Å²) in [5, 5.41) is 11.0. The summed E-state index contributed by atoms with van der Waals surface area (Å²) in [5.41, 5.74) is 0. The van der Waals surface area contributed by atoms with Crippen LogP contribution in [0.15, 0.2) is 17.5 Å². The molecule has 1 fully saturated rings. The Balaban J connectivity index is 1.99. The Labute approximate surface area is 110 Å². The molecule has 0 spiro atoms. The number of carbonyl (C=O) groups is 2. The Bertz CT molecular complexity index is 429. The molecule has 1 aliphatic rings. The highest BCUT2D eigenvalue weighted by Crippen LogP contribution is 2.23. The van der Waals surface area contributed by atoms with Crippen molar-refractivity contribution < 1.29 is 14.7 Å². The van der Waals surface area contributed by atoms with Gasteiger partial charge < -0.3 is 10.0 Å². The summed E-state index contributed by atoms with van der Waals surface area (Å²) in [4.78, 5) is 25.9. The molecule has 0 aromatic carbocycles. The van der Waals surface area contributed by atoms with Crippen LogP contribution in [0.3, 0.4) is 0 Å². The summed E-state index contributed by atoms with van der Waals surface area (Å²) in [7, 11) is 0. The molecule has 2 heterocycles. The molecule has 1 saturated heterocycles. The number of carboxylic acid groups (broad SMARTS) is 1. The first-order valence-corrected chi connectivity index (χ1v) is 6.97. The first-order valence-electron chi connectivity index (χ1n) is 6.09. The van der Waals surface area contributed by atoms with E-state index in [2.05, 4.69) is 0 Å². The molecule has 4 nitrogen and oxygen atoms in total. The third-order valence-electron chi connectivity index (χ3n) is 3.27. The average Bonchev–Trinajstić information content (AvgIpc) is 2.80. The summed E-state index contributed by atoms with van der Waals surface area (Å²) >= 11 is 1.56. The van der Waals surface area contributed by atoms with Crippen molar-refractivity contribution in [3.63, 3.8) is 0 Å². The lowest BCUT2D eigenvalue weighted by molar-refractivity contribution is -0.146. The zero-order valence-electron chi connectivity index (χ0n) is 10.3. The third kappa shape index (κ3) is 3.10. The second-order valence-electron chi connectivity index (χ2n) is 4.93. The van der Waals surface area contributed by atoms with Crippen LogP contribution in [0, 0.1) is 11.8 Å². The van der Waals surface area contributed by atoms with Gasteiger partial charge in [-0.1, -0.05) is 13.0 Å². The van der Waals surface area contributed by atoms with E-state index in [0.29, 0.717) is 25.9 Å². The van der Waals surface area contributed by atoms with Crippen LogP contribution in [-0.4, -0.2) is 35.0 Å². The standard InChI is InChI=1S/C13H17NO3S/c1-9-5-10(13(16)17)8-14(7-9)12(15)6-11-3-2-4-18-11/h2-4,9-10H,5-8H2,1H3,(H,16,17). The number of carboxylic acids is 1. The first-order chi connectivity index (χ1) is 8.56. The Morgan fingerprint density at radius 3 is 2.89 bits per heavy atom. The van der Waals surface area contributed by atoms with Crippen molar-refractivity contribution in [3.8, 4) is 0 Å². The van der Waals surface area contributed by atoms with Gasteiger partial charge in [0.25, 0.3) is 0 Å². The van der Waals surface area contributed by atoms with E-state index in [1.165, 1.54) is 0 Å². The largest absolute Gasteiger partial charge is 0.481 e. The van der Waals surface area contributed by atoms with Gasteiger partial charge >= 0.3 is 5.97 Å². The SMILES string of the molecule is CC1CC(C(=O)O)CN(C(=O)Cc2cccs2)C1. The second-order valence-corrected chi connectivity index (χ2v) is 5.96. The minimum Gasteiger partial charge on any atom is -0.481 e. The predicted molar refractivity (Wildman–Crippen MR) is 69.5 cm³/mol. The van der Waals surface area contributed by atoms with Gasteiger partial charge in [-0.25, -0.2) is 0 Å². The van der Waals surface area contributed by atoms with Gasteiger partial charge in [0.2, 0.25) is 5.91 Å².